The van der Waals surface area contributed by atoms with Gasteiger partial charge in [-0.3, -0.25) is 4.79 Å². The molecule has 1 heterocycles. The van der Waals surface area contributed by atoms with Crippen molar-refractivity contribution >= 4 is 28.2 Å². The third-order valence-electron chi connectivity index (χ3n) is 2.40. The van der Waals surface area contributed by atoms with Crippen molar-refractivity contribution in [1.82, 2.24) is 0 Å². The van der Waals surface area contributed by atoms with Gasteiger partial charge in [-0.15, -0.1) is 11.3 Å². The van der Waals surface area contributed by atoms with Crippen LogP contribution in [0.5, 0.6) is 0 Å². The summed E-state index contributed by atoms with van der Waals surface area (Å²) in [6, 6.07) is 6.68. The first-order valence-electron chi connectivity index (χ1n) is 5.38. The number of hydrogen-bond acceptors (Lipinski definition) is 3. The number of halogens is 1. The van der Waals surface area contributed by atoms with E-state index in [2.05, 4.69) is 5.32 Å². The molecule has 2 rings (SSSR count). The van der Waals surface area contributed by atoms with Gasteiger partial charge in [0.15, 0.2) is 0 Å². The molecule has 0 spiro atoms. The van der Waals surface area contributed by atoms with Crippen LogP contribution in [-0.2, 0) is 0 Å². The van der Waals surface area contributed by atoms with Crippen LogP contribution >= 0.6 is 11.3 Å². The molecule has 0 saturated carbocycles. The number of anilines is 1. The number of hydrogen-bond donors (Lipinski definition) is 2. The van der Waals surface area contributed by atoms with Crippen molar-refractivity contribution < 1.29 is 19.1 Å². The van der Waals surface area contributed by atoms with Gasteiger partial charge in [-0.1, -0.05) is 6.07 Å². The van der Waals surface area contributed by atoms with Crippen LogP contribution in [0.2, 0.25) is 0 Å². The molecule has 0 unspecified atom stereocenters. The quantitative estimate of drug-likeness (QED) is 0.907. The fraction of sp³-hybridized carbons (Fsp3) is 0.0769. The average Bonchev–Trinajstić information content (AvgIpc) is 2.70. The Hall–Kier alpha value is -2.21. The molecular formula is C13H10FNO3S. The number of carbonyl (C=O) groups excluding carboxylic acids is 1. The Bertz CT molecular complexity index is 651. The van der Waals surface area contributed by atoms with Gasteiger partial charge in [0.05, 0.1) is 5.56 Å². The van der Waals surface area contributed by atoms with E-state index in [9.17, 15) is 14.0 Å². The first-order chi connectivity index (χ1) is 8.97. The van der Waals surface area contributed by atoms with Crippen LogP contribution in [0.1, 0.15) is 25.6 Å². The van der Waals surface area contributed by atoms with E-state index in [-0.39, 0.29) is 16.1 Å². The normalized spacial score (nSPS) is 10.2. The van der Waals surface area contributed by atoms with E-state index in [0.717, 1.165) is 22.3 Å². The van der Waals surface area contributed by atoms with Gasteiger partial charge in [0, 0.05) is 10.4 Å². The highest BCUT2D eigenvalue weighted by Crippen LogP contribution is 2.28. The van der Waals surface area contributed by atoms with Crippen LogP contribution in [0.25, 0.3) is 0 Å². The molecule has 2 N–H and O–H groups in total. The second-order valence-electron chi connectivity index (χ2n) is 3.87. The van der Waals surface area contributed by atoms with Gasteiger partial charge in [0.2, 0.25) is 0 Å². The third-order valence-corrected chi connectivity index (χ3v) is 3.37. The van der Waals surface area contributed by atoms with E-state index < -0.39 is 17.7 Å². The summed E-state index contributed by atoms with van der Waals surface area (Å²) in [5.41, 5.74) is 0.176. The molecule has 1 amide bonds. The Kier molecular flexibility index (Phi) is 3.62. The second-order valence-corrected chi connectivity index (χ2v) is 5.13. The Morgan fingerprint density at radius 1 is 1.32 bits per heavy atom. The summed E-state index contributed by atoms with van der Waals surface area (Å²) in [6.45, 7) is 1.74. The minimum absolute atomic E-state index is 0.0345. The second kappa shape index (κ2) is 5.19. The van der Waals surface area contributed by atoms with Crippen LogP contribution in [0.15, 0.2) is 30.3 Å². The number of aromatic carboxylic acids is 1. The number of carboxylic acids is 1. The van der Waals surface area contributed by atoms with Gasteiger partial charge in [-0.05, 0) is 31.2 Å². The van der Waals surface area contributed by atoms with Crippen LogP contribution < -0.4 is 5.32 Å². The van der Waals surface area contributed by atoms with E-state index in [1.165, 1.54) is 24.3 Å². The molecule has 0 radical (unpaired) electrons. The molecule has 0 aliphatic rings. The van der Waals surface area contributed by atoms with Crippen LogP contribution in [0.4, 0.5) is 9.39 Å². The number of aryl methyl sites for hydroxylation is 1. The molecule has 4 nitrogen and oxygen atoms in total. The highest BCUT2D eigenvalue weighted by Gasteiger charge is 2.16. The molecule has 1 aromatic heterocycles. The molecule has 1 aromatic carbocycles. The number of thiophene rings is 1. The van der Waals surface area contributed by atoms with Gasteiger partial charge in [-0.25, -0.2) is 9.18 Å². The first kappa shape index (κ1) is 13.2. The molecule has 98 valence electrons. The Balaban J connectivity index is 2.26. The molecule has 0 atom stereocenters. The smallest absolute Gasteiger partial charge is 0.338 e. The van der Waals surface area contributed by atoms with Crippen molar-refractivity contribution in [2.24, 2.45) is 0 Å². The molecule has 0 aliphatic carbocycles. The fourth-order valence-corrected chi connectivity index (χ4v) is 2.47. The average molecular weight is 279 g/mol. The monoisotopic (exact) mass is 279 g/mol. The first-order valence-corrected chi connectivity index (χ1v) is 6.19. The Labute approximate surface area is 112 Å². The number of amides is 1. The molecular weight excluding hydrogens is 269 g/mol. The summed E-state index contributed by atoms with van der Waals surface area (Å²) in [5.74, 6) is -2.17. The highest BCUT2D eigenvalue weighted by molar-refractivity contribution is 7.16. The van der Waals surface area contributed by atoms with Crippen molar-refractivity contribution in [3.63, 3.8) is 0 Å². The summed E-state index contributed by atoms with van der Waals surface area (Å²) in [6.07, 6.45) is 0. The van der Waals surface area contributed by atoms with Crippen molar-refractivity contribution in [3.8, 4) is 0 Å². The van der Waals surface area contributed by atoms with Crippen LogP contribution in [-0.4, -0.2) is 17.0 Å². The standard InChI is InChI=1S/C13H10FNO3S/c1-7-5-10(13(17)18)12(19-7)15-11(16)8-3-2-4-9(14)6-8/h2-6H,1H3,(H,15,16)(H,17,18). The molecule has 6 heteroatoms. The van der Waals surface area contributed by atoms with E-state index in [1.807, 2.05) is 0 Å². The van der Waals surface area contributed by atoms with Crippen molar-refractivity contribution in [2.45, 2.75) is 6.92 Å². The molecule has 19 heavy (non-hydrogen) atoms. The van der Waals surface area contributed by atoms with Crippen molar-refractivity contribution in [1.29, 1.82) is 0 Å². The van der Waals surface area contributed by atoms with Gasteiger partial charge >= 0.3 is 5.97 Å². The zero-order valence-electron chi connectivity index (χ0n) is 9.94. The van der Waals surface area contributed by atoms with E-state index in [4.69, 9.17) is 5.11 Å². The fourth-order valence-electron chi connectivity index (χ4n) is 1.57. The predicted molar refractivity (Wildman–Crippen MR) is 70.4 cm³/mol. The van der Waals surface area contributed by atoms with Crippen molar-refractivity contribution in [2.75, 3.05) is 5.32 Å². The molecule has 0 fully saturated rings. The summed E-state index contributed by atoms with van der Waals surface area (Å²) in [5, 5.41) is 11.7. The summed E-state index contributed by atoms with van der Waals surface area (Å²) >= 11 is 1.16. The lowest BCUT2D eigenvalue weighted by atomic mass is 10.2. The zero-order valence-corrected chi connectivity index (χ0v) is 10.8. The topological polar surface area (TPSA) is 66.4 Å². The number of benzene rings is 1. The zero-order chi connectivity index (χ0) is 14.0. The number of carbonyl (C=O) groups is 2. The summed E-state index contributed by atoms with van der Waals surface area (Å²) in [7, 11) is 0. The Morgan fingerprint density at radius 2 is 2.05 bits per heavy atom. The highest BCUT2D eigenvalue weighted by atomic mass is 32.1. The van der Waals surface area contributed by atoms with Gasteiger partial charge in [-0.2, -0.15) is 0 Å². The lowest BCUT2D eigenvalue weighted by Crippen LogP contribution is -2.13. The number of carboxylic acid groups (broad SMARTS) is 1. The minimum atomic E-state index is -1.11. The largest absolute Gasteiger partial charge is 0.478 e. The minimum Gasteiger partial charge on any atom is -0.478 e. The predicted octanol–water partition coefficient (Wildman–Crippen LogP) is 3.15. The SMILES string of the molecule is Cc1cc(C(=O)O)c(NC(=O)c2cccc(F)c2)s1. The molecule has 2 aromatic rings. The van der Waals surface area contributed by atoms with E-state index >= 15 is 0 Å². The number of rotatable bonds is 3. The lowest BCUT2D eigenvalue weighted by Gasteiger charge is -2.04. The number of nitrogens with one attached hydrogen (secondary N) is 1. The van der Waals surface area contributed by atoms with E-state index in [1.54, 1.807) is 6.92 Å². The maximum absolute atomic E-state index is 13.0. The van der Waals surface area contributed by atoms with Gasteiger partial charge < -0.3 is 10.4 Å². The molecule has 0 aliphatic heterocycles. The maximum Gasteiger partial charge on any atom is 0.338 e. The van der Waals surface area contributed by atoms with Crippen LogP contribution in [0.3, 0.4) is 0 Å². The third kappa shape index (κ3) is 2.97. The van der Waals surface area contributed by atoms with Gasteiger partial charge in [0.25, 0.3) is 5.91 Å². The lowest BCUT2D eigenvalue weighted by molar-refractivity contribution is 0.0698. The van der Waals surface area contributed by atoms with E-state index in [0.29, 0.717) is 0 Å². The maximum atomic E-state index is 13.0. The molecule has 0 bridgehead atoms. The van der Waals surface area contributed by atoms with Crippen LogP contribution in [0, 0.1) is 12.7 Å². The van der Waals surface area contributed by atoms with Crippen molar-refractivity contribution in [3.05, 3.63) is 52.2 Å². The van der Waals surface area contributed by atoms with Gasteiger partial charge in [0.1, 0.15) is 10.8 Å². The summed E-state index contributed by atoms with van der Waals surface area (Å²) in [4.78, 5) is 23.7. The Morgan fingerprint density at radius 3 is 2.68 bits per heavy atom. The summed E-state index contributed by atoms with van der Waals surface area (Å²) < 4.78 is 13.0. The molecule has 0 saturated heterocycles.